The van der Waals surface area contributed by atoms with Gasteiger partial charge in [0.2, 0.25) is 0 Å². The van der Waals surface area contributed by atoms with Crippen molar-refractivity contribution in [2.45, 2.75) is 4.90 Å². The van der Waals surface area contributed by atoms with Gasteiger partial charge >= 0.3 is 0 Å². The Balaban J connectivity index is 0.000000271. The molecule has 0 aromatic heterocycles. The van der Waals surface area contributed by atoms with Crippen LogP contribution in [0.2, 0.25) is 0 Å². The maximum atomic E-state index is 11.8. The highest BCUT2D eigenvalue weighted by molar-refractivity contribution is 7.86. The lowest BCUT2D eigenvalue weighted by atomic mass is 10.1. The molecule has 8 heteroatoms. The Morgan fingerprint density at radius 1 is 0.786 bits per heavy atom. The first-order valence-corrected chi connectivity index (χ1v) is 9.63. The minimum atomic E-state index is -4.34. The number of benzene rings is 3. The van der Waals surface area contributed by atoms with E-state index >= 15 is 0 Å². The highest BCUT2D eigenvalue weighted by atomic mass is 32.2. The molecule has 0 bridgehead atoms. The topological polar surface area (TPSA) is 113 Å². The summed E-state index contributed by atoms with van der Waals surface area (Å²) in [7, 11) is -4.34. The predicted molar refractivity (Wildman–Crippen MR) is 106 cm³/mol. The van der Waals surface area contributed by atoms with E-state index in [0.717, 1.165) is 11.1 Å². The van der Waals surface area contributed by atoms with E-state index in [0.29, 0.717) is 11.1 Å². The predicted octanol–water partition coefficient (Wildman–Crippen LogP) is 3.03. The fraction of sp³-hybridized carbons (Fsp3) is 0. The first-order valence-electron chi connectivity index (χ1n) is 8.19. The summed E-state index contributed by atoms with van der Waals surface area (Å²) >= 11 is 0. The van der Waals surface area contributed by atoms with Crippen molar-refractivity contribution in [3.8, 4) is 0 Å². The van der Waals surface area contributed by atoms with Crippen LogP contribution in [0.15, 0.2) is 83.8 Å². The second-order valence-corrected chi connectivity index (χ2v) is 7.17. The Labute approximate surface area is 161 Å². The third-order valence-corrected chi connectivity index (χ3v) is 4.78. The van der Waals surface area contributed by atoms with Crippen molar-refractivity contribution in [3.05, 3.63) is 78.9 Å². The maximum Gasteiger partial charge on any atom is 0.297 e. The average molecular weight is 396 g/mol. The van der Waals surface area contributed by atoms with Gasteiger partial charge in [0.05, 0.1) is 5.69 Å². The SMILES string of the molecule is O=C1C=CC(=O)N1.O=S(=O)(O)c1c(Nc2ccccc2)ccc2ccccc12. The lowest BCUT2D eigenvalue weighted by Crippen LogP contribution is -2.19. The molecule has 3 N–H and O–H groups in total. The Bertz CT molecular complexity index is 1160. The molecule has 0 unspecified atom stereocenters. The van der Waals surface area contributed by atoms with Crippen molar-refractivity contribution in [1.29, 1.82) is 0 Å². The Hall–Kier alpha value is -3.49. The number of anilines is 2. The third kappa shape index (κ3) is 4.61. The molecule has 142 valence electrons. The molecule has 7 nitrogen and oxygen atoms in total. The number of hydrogen-bond donors (Lipinski definition) is 3. The number of fused-ring (bicyclic) bond motifs is 1. The largest absolute Gasteiger partial charge is 0.354 e. The number of hydrogen-bond acceptors (Lipinski definition) is 5. The zero-order valence-corrected chi connectivity index (χ0v) is 15.3. The molecule has 0 aliphatic carbocycles. The molecule has 0 fully saturated rings. The van der Waals surface area contributed by atoms with Gasteiger partial charge in [0.25, 0.3) is 21.9 Å². The molecule has 28 heavy (non-hydrogen) atoms. The minimum Gasteiger partial charge on any atom is -0.354 e. The molecular weight excluding hydrogens is 380 g/mol. The fourth-order valence-corrected chi connectivity index (χ4v) is 3.51. The van der Waals surface area contributed by atoms with Crippen LogP contribution in [0.3, 0.4) is 0 Å². The number of rotatable bonds is 3. The smallest absolute Gasteiger partial charge is 0.297 e. The first-order chi connectivity index (χ1) is 13.3. The zero-order valence-electron chi connectivity index (χ0n) is 14.5. The van der Waals surface area contributed by atoms with Gasteiger partial charge in [-0.1, -0.05) is 48.5 Å². The standard InChI is InChI=1S/C16H13NO3S.C4H3NO2/c18-21(19,20)16-14-9-5-4-6-12(14)10-11-15(16)17-13-7-2-1-3-8-13;6-3-1-2-4(7)5-3/h1-11,17H,(H,18,19,20);1-2H,(H,5,6,7). The lowest BCUT2D eigenvalue weighted by Gasteiger charge is -2.13. The van der Waals surface area contributed by atoms with Crippen LogP contribution < -0.4 is 10.6 Å². The van der Waals surface area contributed by atoms with Crippen LogP contribution in [-0.4, -0.2) is 24.8 Å². The summed E-state index contributed by atoms with van der Waals surface area (Å²) in [4.78, 5) is 20.0. The Kier molecular flexibility index (Phi) is 5.53. The van der Waals surface area contributed by atoms with Gasteiger partial charge in [0.15, 0.2) is 0 Å². The van der Waals surface area contributed by atoms with Crippen molar-refractivity contribution >= 4 is 44.1 Å². The van der Waals surface area contributed by atoms with Gasteiger partial charge in [-0.05, 0) is 23.6 Å². The Morgan fingerprint density at radius 2 is 1.39 bits per heavy atom. The maximum absolute atomic E-state index is 11.8. The minimum absolute atomic E-state index is 0.107. The normalized spacial score (nSPS) is 13.0. The van der Waals surface area contributed by atoms with Crippen LogP contribution >= 0.6 is 0 Å². The molecule has 3 aromatic carbocycles. The van der Waals surface area contributed by atoms with Gasteiger partial charge in [-0.15, -0.1) is 0 Å². The number of carbonyl (C=O) groups excluding carboxylic acids is 2. The van der Waals surface area contributed by atoms with Crippen molar-refractivity contribution in [2.24, 2.45) is 0 Å². The van der Waals surface area contributed by atoms with Crippen molar-refractivity contribution in [3.63, 3.8) is 0 Å². The van der Waals surface area contributed by atoms with E-state index < -0.39 is 10.1 Å². The van der Waals surface area contributed by atoms with E-state index in [1.807, 2.05) is 47.8 Å². The third-order valence-electron chi connectivity index (χ3n) is 3.82. The summed E-state index contributed by atoms with van der Waals surface area (Å²) in [6.07, 6.45) is 2.39. The van der Waals surface area contributed by atoms with Gasteiger partial charge in [0.1, 0.15) is 4.90 Å². The van der Waals surface area contributed by atoms with E-state index in [2.05, 4.69) is 5.32 Å². The molecule has 0 atom stereocenters. The van der Waals surface area contributed by atoms with Crippen LogP contribution in [0.5, 0.6) is 0 Å². The molecule has 0 saturated carbocycles. The molecule has 1 heterocycles. The molecule has 1 aliphatic heterocycles. The zero-order chi connectivity index (χ0) is 20.1. The molecule has 3 aromatic rings. The van der Waals surface area contributed by atoms with Gasteiger partial charge in [-0.2, -0.15) is 8.42 Å². The molecule has 0 radical (unpaired) electrons. The first kappa shape index (κ1) is 19.3. The van der Waals surface area contributed by atoms with Crippen molar-refractivity contribution in [2.75, 3.05) is 5.32 Å². The van der Waals surface area contributed by atoms with Gasteiger partial charge in [-0.25, -0.2) is 0 Å². The summed E-state index contributed by atoms with van der Waals surface area (Å²) in [6, 6.07) is 19.7. The molecule has 2 amide bonds. The number of nitrogens with one attached hydrogen (secondary N) is 2. The van der Waals surface area contributed by atoms with E-state index in [-0.39, 0.29) is 16.7 Å². The summed E-state index contributed by atoms with van der Waals surface area (Å²) in [5.74, 6) is -0.657. The van der Waals surface area contributed by atoms with E-state index in [9.17, 15) is 22.6 Å². The van der Waals surface area contributed by atoms with Crippen LogP contribution in [0.4, 0.5) is 11.4 Å². The van der Waals surface area contributed by atoms with Crippen LogP contribution in [0, 0.1) is 0 Å². The average Bonchev–Trinajstić information content (AvgIpc) is 3.04. The van der Waals surface area contributed by atoms with E-state index in [1.54, 1.807) is 24.3 Å². The number of para-hydroxylation sites is 1. The monoisotopic (exact) mass is 396 g/mol. The summed E-state index contributed by atoms with van der Waals surface area (Å²) in [6.45, 7) is 0. The molecule has 0 spiro atoms. The molecular formula is C20H16N2O5S. The molecule has 0 saturated heterocycles. The van der Waals surface area contributed by atoms with Gasteiger partial charge < -0.3 is 5.32 Å². The molecule has 4 rings (SSSR count). The second-order valence-electron chi connectivity index (χ2n) is 5.82. The van der Waals surface area contributed by atoms with Crippen LogP contribution in [-0.2, 0) is 19.7 Å². The van der Waals surface area contributed by atoms with Gasteiger partial charge in [0, 0.05) is 23.2 Å². The number of imide groups is 1. The number of carbonyl (C=O) groups is 2. The highest BCUT2D eigenvalue weighted by Crippen LogP contribution is 2.32. The van der Waals surface area contributed by atoms with Crippen molar-refractivity contribution < 1.29 is 22.6 Å². The summed E-state index contributed by atoms with van der Waals surface area (Å²) in [5.41, 5.74) is 1.10. The molecule has 1 aliphatic rings. The summed E-state index contributed by atoms with van der Waals surface area (Å²) < 4.78 is 33.1. The fourth-order valence-electron chi connectivity index (χ4n) is 2.65. The highest BCUT2D eigenvalue weighted by Gasteiger charge is 2.19. The number of amides is 2. The quantitative estimate of drug-likeness (QED) is 0.463. The van der Waals surface area contributed by atoms with Gasteiger partial charge in [-0.3, -0.25) is 19.5 Å². The second kappa shape index (κ2) is 8.03. The van der Waals surface area contributed by atoms with Crippen LogP contribution in [0.25, 0.3) is 10.8 Å². The Morgan fingerprint density at radius 3 is 1.96 bits per heavy atom. The van der Waals surface area contributed by atoms with E-state index in [4.69, 9.17) is 0 Å². The summed E-state index contributed by atoms with van der Waals surface area (Å²) in [5, 5.41) is 6.30. The lowest BCUT2D eigenvalue weighted by molar-refractivity contribution is -0.123. The van der Waals surface area contributed by atoms with Crippen LogP contribution in [0.1, 0.15) is 0 Å². The van der Waals surface area contributed by atoms with Crippen molar-refractivity contribution in [1.82, 2.24) is 5.32 Å². The van der Waals surface area contributed by atoms with E-state index in [1.165, 1.54) is 12.2 Å².